The predicted molar refractivity (Wildman–Crippen MR) is 388 cm³/mol. The monoisotopic (exact) mass is 1170 g/mol. The van der Waals surface area contributed by atoms with E-state index in [0.29, 0.717) is 0 Å². The largest absolute Gasteiger partial charge is 0.456 e. The second kappa shape index (κ2) is 21.8. The molecule has 0 aliphatic rings. The standard InChI is InChI=1S/C88H56N2O2/c1-3-16-57(17-4-1)59-36-42-68(43-37-59)89(71-47-51-83-81(55-71)88-75-25-10-8-21-62(75)41-50-85(88)91-83)70-23-13-22-63(54-70)64-32-33-66-53-67(35-34-65(66)52-64)73-27-14-29-77-76(73)28-15-30-78(77)79-26-11-12-31-82(79)90(69-44-38-60(39-45-69)58-18-5-2-6-19-58)72-46-48-80-86(56-72)92-84-49-40-61-20-7-9-24-74(61)87(80)84/h1-56H. The Labute approximate surface area is 532 Å². The molecule has 4 nitrogen and oxygen atoms in total. The topological polar surface area (TPSA) is 32.8 Å². The molecular weight excluding hydrogens is 1120 g/mol. The summed E-state index contributed by atoms with van der Waals surface area (Å²) in [5.74, 6) is 0. The number of rotatable bonds is 11. The van der Waals surface area contributed by atoms with Gasteiger partial charge in [-0.2, -0.15) is 0 Å². The zero-order chi connectivity index (χ0) is 60.6. The SMILES string of the molecule is c1ccc(-c2ccc(N(c3cccc(-c4ccc5cc(-c6cccc7c(-c8ccccc8N(c8ccc(-c9ccccc9)cc8)c8ccc9c(c8)oc8ccc%10ccccc%10c89)cccc67)ccc5c4)c3)c3ccc4oc5ccc6ccccc6c5c4c3)cc2)cc1. The average molecular weight is 1170 g/mol. The van der Waals surface area contributed by atoms with Crippen molar-refractivity contribution in [3.8, 4) is 55.6 Å². The molecule has 18 rings (SSSR count). The van der Waals surface area contributed by atoms with Crippen LogP contribution < -0.4 is 9.80 Å². The third-order valence-corrected chi connectivity index (χ3v) is 18.6. The van der Waals surface area contributed by atoms with Crippen molar-refractivity contribution in [3.05, 3.63) is 340 Å². The zero-order valence-electron chi connectivity index (χ0n) is 50.0. The van der Waals surface area contributed by atoms with Gasteiger partial charge in [-0.3, -0.25) is 0 Å². The van der Waals surface area contributed by atoms with E-state index in [2.05, 4.69) is 350 Å². The van der Waals surface area contributed by atoms with Gasteiger partial charge in [-0.25, -0.2) is 0 Å². The Morgan fingerprint density at radius 1 is 0.185 bits per heavy atom. The first kappa shape index (κ1) is 52.8. The van der Waals surface area contributed by atoms with Crippen LogP contribution in [0.3, 0.4) is 0 Å². The minimum atomic E-state index is 0.847. The number of fused-ring (bicyclic) bond motifs is 12. The minimum absolute atomic E-state index is 0.847. The van der Waals surface area contributed by atoms with Crippen molar-refractivity contribution >= 4 is 121 Å². The molecule has 0 unspecified atom stereocenters. The molecule has 18 aromatic rings. The second-order valence-electron chi connectivity index (χ2n) is 23.9. The highest BCUT2D eigenvalue weighted by Crippen LogP contribution is 2.48. The zero-order valence-corrected chi connectivity index (χ0v) is 50.0. The molecule has 92 heavy (non-hydrogen) atoms. The molecule has 0 saturated heterocycles. The molecule has 16 aromatic carbocycles. The summed E-state index contributed by atoms with van der Waals surface area (Å²) in [6, 6.07) is 123. The molecule has 0 atom stereocenters. The van der Waals surface area contributed by atoms with Crippen molar-refractivity contribution in [2.75, 3.05) is 9.80 Å². The molecule has 0 fully saturated rings. The molecule has 0 N–H and O–H groups in total. The molecular formula is C88H56N2O2. The summed E-state index contributed by atoms with van der Waals surface area (Å²) in [4.78, 5) is 4.75. The third kappa shape index (κ3) is 9.07. The summed E-state index contributed by atoms with van der Waals surface area (Å²) in [5.41, 5.74) is 21.4. The van der Waals surface area contributed by atoms with E-state index in [1.807, 2.05) is 0 Å². The van der Waals surface area contributed by atoms with Gasteiger partial charge in [0.25, 0.3) is 0 Å². The minimum Gasteiger partial charge on any atom is -0.456 e. The first-order chi connectivity index (χ1) is 45.6. The molecule has 0 amide bonds. The molecule has 2 aromatic heterocycles. The molecule has 0 aliphatic carbocycles. The van der Waals surface area contributed by atoms with Crippen LogP contribution in [0.2, 0.25) is 0 Å². The van der Waals surface area contributed by atoms with Crippen molar-refractivity contribution in [2.45, 2.75) is 0 Å². The number of furan rings is 2. The lowest BCUT2D eigenvalue weighted by molar-refractivity contribution is 0.669. The molecule has 0 aliphatic heterocycles. The molecule has 0 radical (unpaired) electrons. The van der Waals surface area contributed by atoms with Gasteiger partial charge in [0.15, 0.2) is 0 Å². The summed E-state index contributed by atoms with van der Waals surface area (Å²) >= 11 is 0. The normalized spacial score (nSPS) is 11.7. The van der Waals surface area contributed by atoms with Gasteiger partial charge < -0.3 is 18.6 Å². The summed E-state index contributed by atoms with van der Waals surface area (Å²) in [7, 11) is 0. The molecule has 0 bridgehead atoms. The van der Waals surface area contributed by atoms with E-state index < -0.39 is 0 Å². The Hall–Kier alpha value is -12.2. The van der Waals surface area contributed by atoms with Crippen LogP contribution in [-0.4, -0.2) is 0 Å². The van der Waals surface area contributed by atoms with Gasteiger partial charge in [0.1, 0.15) is 22.3 Å². The molecule has 4 heteroatoms. The maximum absolute atomic E-state index is 6.73. The van der Waals surface area contributed by atoms with E-state index in [4.69, 9.17) is 8.83 Å². The van der Waals surface area contributed by atoms with E-state index in [1.165, 1.54) is 70.9 Å². The van der Waals surface area contributed by atoms with E-state index >= 15 is 0 Å². The number of nitrogens with zero attached hydrogens (tertiary/aromatic N) is 2. The lowest BCUT2D eigenvalue weighted by Crippen LogP contribution is -2.11. The van der Waals surface area contributed by atoms with Gasteiger partial charge in [-0.1, -0.05) is 237 Å². The van der Waals surface area contributed by atoms with Crippen LogP contribution in [0.1, 0.15) is 0 Å². The number of hydrogen-bond donors (Lipinski definition) is 0. The van der Waals surface area contributed by atoms with Crippen LogP contribution in [0, 0.1) is 0 Å². The molecule has 0 saturated carbocycles. The Morgan fingerprint density at radius 3 is 1.32 bits per heavy atom. The first-order valence-corrected chi connectivity index (χ1v) is 31.4. The van der Waals surface area contributed by atoms with Gasteiger partial charge in [-0.15, -0.1) is 0 Å². The van der Waals surface area contributed by atoms with E-state index in [0.717, 1.165) is 106 Å². The van der Waals surface area contributed by atoms with Crippen molar-refractivity contribution in [2.24, 2.45) is 0 Å². The highest BCUT2D eigenvalue weighted by molar-refractivity contribution is 6.21. The quantitative estimate of drug-likeness (QED) is 0.129. The highest BCUT2D eigenvalue weighted by Gasteiger charge is 2.23. The Balaban J connectivity index is 0.704. The van der Waals surface area contributed by atoms with E-state index in [9.17, 15) is 0 Å². The van der Waals surface area contributed by atoms with Crippen LogP contribution in [-0.2, 0) is 0 Å². The highest BCUT2D eigenvalue weighted by atomic mass is 16.3. The molecule has 430 valence electrons. The summed E-state index contributed by atoms with van der Waals surface area (Å²) in [6.07, 6.45) is 0. The van der Waals surface area contributed by atoms with Crippen molar-refractivity contribution in [1.82, 2.24) is 0 Å². The predicted octanol–water partition coefficient (Wildman–Crippen LogP) is 25.4. The Morgan fingerprint density at radius 2 is 0.620 bits per heavy atom. The number of benzene rings is 16. The van der Waals surface area contributed by atoms with Crippen LogP contribution in [0.4, 0.5) is 34.1 Å². The summed E-state index contributed by atoms with van der Waals surface area (Å²) in [6.45, 7) is 0. The van der Waals surface area contributed by atoms with Gasteiger partial charge in [-0.05, 0) is 190 Å². The maximum Gasteiger partial charge on any atom is 0.137 e. The van der Waals surface area contributed by atoms with Crippen molar-refractivity contribution in [1.29, 1.82) is 0 Å². The van der Waals surface area contributed by atoms with Crippen molar-refractivity contribution < 1.29 is 8.83 Å². The average Bonchev–Trinajstić information content (AvgIpc) is 1.89. The molecule has 0 spiro atoms. The Kier molecular flexibility index (Phi) is 12.5. The van der Waals surface area contributed by atoms with Crippen molar-refractivity contribution in [3.63, 3.8) is 0 Å². The van der Waals surface area contributed by atoms with Crippen LogP contribution >= 0.6 is 0 Å². The summed E-state index contributed by atoms with van der Waals surface area (Å²) in [5, 5.41) is 13.9. The first-order valence-electron chi connectivity index (χ1n) is 31.4. The van der Waals surface area contributed by atoms with Crippen LogP contribution in [0.25, 0.3) is 143 Å². The van der Waals surface area contributed by atoms with Gasteiger partial charge in [0, 0.05) is 61.6 Å². The van der Waals surface area contributed by atoms with Gasteiger partial charge in [0.05, 0.1) is 5.69 Å². The lowest BCUT2D eigenvalue weighted by atomic mass is 9.91. The van der Waals surface area contributed by atoms with E-state index in [1.54, 1.807) is 0 Å². The second-order valence-corrected chi connectivity index (χ2v) is 23.9. The fourth-order valence-electron chi connectivity index (χ4n) is 14.2. The molecule has 2 heterocycles. The van der Waals surface area contributed by atoms with Gasteiger partial charge in [0.2, 0.25) is 0 Å². The van der Waals surface area contributed by atoms with Gasteiger partial charge >= 0.3 is 0 Å². The fourth-order valence-corrected chi connectivity index (χ4v) is 14.2. The van der Waals surface area contributed by atoms with Crippen LogP contribution in [0.5, 0.6) is 0 Å². The lowest BCUT2D eigenvalue weighted by Gasteiger charge is -2.28. The summed E-state index contributed by atoms with van der Waals surface area (Å²) < 4.78 is 13.2. The fraction of sp³-hybridized carbons (Fsp3) is 0. The number of hydrogen-bond acceptors (Lipinski definition) is 4. The van der Waals surface area contributed by atoms with E-state index in [-0.39, 0.29) is 0 Å². The smallest absolute Gasteiger partial charge is 0.137 e. The number of para-hydroxylation sites is 1. The number of anilines is 6. The third-order valence-electron chi connectivity index (χ3n) is 18.6. The maximum atomic E-state index is 6.73. The van der Waals surface area contributed by atoms with Crippen LogP contribution in [0.15, 0.2) is 349 Å². The Bertz CT molecular complexity index is 5890.